The summed E-state index contributed by atoms with van der Waals surface area (Å²) in [6, 6.07) is 14.3. The molecule has 3 aromatic rings. The number of halogens is 1. The van der Waals surface area contributed by atoms with Crippen molar-refractivity contribution in [3.63, 3.8) is 0 Å². The van der Waals surface area contributed by atoms with E-state index in [0.29, 0.717) is 24.7 Å². The van der Waals surface area contributed by atoms with Gasteiger partial charge in [-0.3, -0.25) is 4.90 Å². The molecule has 3 heterocycles. The van der Waals surface area contributed by atoms with E-state index < -0.39 is 0 Å². The van der Waals surface area contributed by atoms with Crippen molar-refractivity contribution in [2.45, 2.75) is 13.0 Å². The summed E-state index contributed by atoms with van der Waals surface area (Å²) in [6.07, 6.45) is 2.52. The molecule has 7 heteroatoms. The number of aromatic nitrogens is 3. The van der Waals surface area contributed by atoms with Gasteiger partial charge in [0.2, 0.25) is 11.8 Å². The molecule has 2 aromatic heterocycles. The number of nitrogens with zero attached hydrogens (tertiary/aromatic N) is 5. The molecule has 0 N–H and O–H groups in total. The Hall–Kier alpha value is -2.25. The first-order valence-corrected chi connectivity index (χ1v) is 9.49. The first-order chi connectivity index (χ1) is 12.8. The molecular weight excluding hydrogens is 394 g/mol. The topological polar surface area (TPSA) is 58.3 Å². The molecular formula is C19H20BrN5O. The lowest BCUT2D eigenvalue weighted by Crippen LogP contribution is -2.46. The van der Waals surface area contributed by atoms with E-state index in [1.807, 2.05) is 36.5 Å². The van der Waals surface area contributed by atoms with Crippen LogP contribution in [0.1, 0.15) is 17.3 Å². The second-order valence-corrected chi connectivity index (χ2v) is 7.27. The van der Waals surface area contributed by atoms with Gasteiger partial charge in [-0.2, -0.15) is 0 Å². The molecule has 6 nitrogen and oxygen atoms in total. The Kier molecular flexibility index (Phi) is 5.26. The maximum absolute atomic E-state index is 5.82. The van der Waals surface area contributed by atoms with E-state index in [2.05, 4.69) is 53.0 Å². The zero-order chi connectivity index (χ0) is 17.8. The van der Waals surface area contributed by atoms with Gasteiger partial charge in [-0.15, -0.1) is 10.2 Å². The smallest absolute Gasteiger partial charge is 0.230 e. The van der Waals surface area contributed by atoms with E-state index in [-0.39, 0.29) is 0 Å². The fourth-order valence-corrected chi connectivity index (χ4v) is 3.31. The van der Waals surface area contributed by atoms with Crippen LogP contribution in [0.4, 0.5) is 5.82 Å². The number of pyridine rings is 1. The minimum atomic E-state index is 0.670. The summed E-state index contributed by atoms with van der Waals surface area (Å²) in [7, 11) is 0. The first kappa shape index (κ1) is 17.2. The highest BCUT2D eigenvalue weighted by Crippen LogP contribution is 2.17. The molecule has 4 rings (SSSR count). The molecule has 0 aliphatic carbocycles. The van der Waals surface area contributed by atoms with Crippen LogP contribution in [0.3, 0.4) is 0 Å². The van der Waals surface area contributed by atoms with Crippen LogP contribution in [0, 0.1) is 0 Å². The summed E-state index contributed by atoms with van der Waals surface area (Å²) in [4.78, 5) is 9.12. The summed E-state index contributed by atoms with van der Waals surface area (Å²) in [6.45, 7) is 4.49. The molecule has 0 saturated carbocycles. The Morgan fingerprint density at radius 2 is 1.69 bits per heavy atom. The van der Waals surface area contributed by atoms with E-state index >= 15 is 0 Å². The lowest BCUT2D eigenvalue weighted by atomic mass is 10.2. The molecule has 0 amide bonds. The largest absolute Gasteiger partial charge is 0.424 e. The third-order valence-electron chi connectivity index (χ3n) is 4.47. The van der Waals surface area contributed by atoms with Crippen LogP contribution in [0.15, 0.2) is 57.6 Å². The van der Waals surface area contributed by atoms with Crippen molar-refractivity contribution in [2.75, 3.05) is 31.1 Å². The van der Waals surface area contributed by atoms with Crippen LogP contribution >= 0.6 is 15.9 Å². The summed E-state index contributed by atoms with van der Waals surface area (Å²) in [5.41, 5.74) is 1.18. The second kappa shape index (κ2) is 7.97. The third kappa shape index (κ3) is 4.28. The number of hydrogen-bond acceptors (Lipinski definition) is 6. The Labute approximate surface area is 161 Å². The van der Waals surface area contributed by atoms with Crippen LogP contribution in [-0.4, -0.2) is 46.3 Å². The van der Waals surface area contributed by atoms with Crippen molar-refractivity contribution in [2.24, 2.45) is 0 Å². The Bertz CT molecular complexity index is 829. The normalized spacial score (nSPS) is 15.3. The monoisotopic (exact) mass is 413 g/mol. The van der Waals surface area contributed by atoms with E-state index in [1.165, 1.54) is 5.56 Å². The molecule has 1 fully saturated rings. The van der Waals surface area contributed by atoms with Gasteiger partial charge in [0.1, 0.15) is 5.82 Å². The van der Waals surface area contributed by atoms with Gasteiger partial charge in [-0.25, -0.2) is 4.98 Å². The second-order valence-electron chi connectivity index (χ2n) is 6.35. The van der Waals surface area contributed by atoms with Crippen LogP contribution in [0.2, 0.25) is 0 Å². The first-order valence-electron chi connectivity index (χ1n) is 8.70. The molecule has 134 valence electrons. The highest BCUT2D eigenvalue weighted by Gasteiger charge is 2.20. The maximum Gasteiger partial charge on any atom is 0.230 e. The van der Waals surface area contributed by atoms with Crippen molar-refractivity contribution in [1.29, 1.82) is 0 Å². The highest BCUT2D eigenvalue weighted by atomic mass is 79.9. The fraction of sp³-hybridized carbons (Fsp3) is 0.316. The average Bonchev–Trinajstić information content (AvgIpc) is 3.11. The molecule has 1 saturated heterocycles. The van der Waals surface area contributed by atoms with E-state index in [1.54, 1.807) is 0 Å². The van der Waals surface area contributed by atoms with E-state index in [4.69, 9.17) is 4.42 Å². The molecule has 0 radical (unpaired) electrons. The van der Waals surface area contributed by atoms with E-state index in [9.17, 15) is 0 Å². The van der Waals surface area contributed by atoms with Crippen molar-refractivity contribution in [3.05, 3.63) is 70.5 Å². The standard InChI is InChI=1S/C19H20BrN5O/c20-16-6-7-17(21-13-16)25-10-8-24(9-11-25)14-19-23-22-18(26-19)12-15-4-2-1-3-5-15/h1-7,13H,8-12,14H2. The maximum atomic E-state index is 5.82. The average molecular weight is 414 g/mol. The van der Waals surface area contributed by atoms with Crippen molar-refractivity contribution < 1.29 is 4.42 Å². The third-order valence-corrected chi connectivity index (χ3v) is 4.94. The number of anilines is 1. The predicted molar refractivity (Wildman–Crippen MR) is 103 cm³/mol. The summed E-state index contributed by atoms with van der Waals surface area (Å²) >= 11 is 3.43. The van der Waals surface area contributed by atoms with Gasteiger partial charge in [0.25, 0.3) is 0 Å². The molecule has 0 bridgehead atoms. The number of hydrogen-bond donors (Lipinski definition) is 0. The minimum absolute atomic E-state index is 0.670. The van der Waals surface area contributed by atoms with Gasteiger partial charge in [-0.1, -0.05) is 30.3 Å². The molecule has 0 atom stereocenters. The van der Waals surface area contributed by atoms with Crippen LogP contribution < -0.4 is 4.90 Å². The minimum Gasteiger partial charge on any atom is -0.424 e. The van der Waals surface area contributed by atoms with Crippen LogP contribution in [0.25, 0.3) is 0 Å². The zero-order valence-corrected chi connectivity index (χ0v) is 16.0. The van der Waals surface area contributed by atoms with Crippen molar-refractivity contribution in [3.8, 4) is 0 Å². The van der Waals surface area contributed by atoms with Crippen molar-refractivity contribution in [1.82, 2.24) is 20.1 Å². The van der Waals surface area contributed by atoms with E-state index in [0.717, 1.165) is 36.5 Å². The summed E-state index contributed by atoms with van der Waals surface area (Å²) < 4.78 is 6.82. The Morgan fingerprint density at radius 3 is 2.42 bits per heavy atom. The van der Waals surface area contributed by atoms with Crippen LogP contribution in [-0.2, 0) is 13.0 Å². The van der Waals surface area contributed by atoms with Gasteiger partial charge in [-0.05, 0) is 33.6 Å². The Balaban J connectivity index is 1.30. The van der Waals surface area contributed by atoms with Crippen LogP contribution in [0.5, 0.6) is 0 Å². The molecule has 0 spiro atoms. The van der Waals surface area contributed by atoms with Crippen molar-refractivity contribution >= 4 is 21.7 Å². The predicted octanol–water partition coefficient (Wildman–Crippen LogP) is 3.14. The fourth-order valence-electron chi connectivity index (χ4n) is 3.08. The van der Waals surface area contributed by atoms with Gasteiger partial charge in [0.15, 0.2) is 0 Å². The molecule has 1 aromatic carbocycles. The lowest BCUT2D eigenvalue weighted by Gasteiger charge is -2.34. The molecule has 1 aliphatic heterocycles. The SMILES string of the molecule is Brc1ccc(N2CCN(Cc3nnc(Cc4ccccc4)o3)CC2)nc1. The zero-order valence-electron chi connectivity index (χ0n) is 14.4. The summed E-state index contributed by atoms with van der Waals surface area (Å²) in [5.74, 6) is 2.38. The number of benzene rings is 1. The van der Waals surface area contributed by atoms with Gasteiger partial charge in [0.05, 0.1) is 13.0 Å². The molecule has 0 unspecified atom stereocenters. The highest BCUT2D eigenvalue weighted by molar-refractivity contribution is 9.10. The summed E-state index contributed by atoms with van der Waals surface area (Å²) in [5, 5.41) is 8.38. The lowest BCUT2D eigenvalue weighted by molar-refractivity contribution is 0.224. The quantitative estimate of drug-likeness (QED) is 0.640. The van der Waals surface area contributed by atoms with Gasteiger partial charge in [0, 0.05) is 36.8 Å². The van der Waals surface area contributed by atoms with Gasteiger partial charge >= 0.3 is 0 Å². The number of rotatable bonds is 5. The molecule has 26 heavy (non-hydrogen) atoms. The number of piperazine rings is 1. The Morgan fingerprint density at radius 1 is 0.923 bits per heavy atom. The molecule has 1 aliphatic rings. The van der Waals surface area contributed by atoms with Gasteiger partial charge < -0.3 is 9.32 Å².